The molecule has 0 spiro atoms. The number of thioether (sulfide) groups is 1. The van der Waals surface area contributed by atoms with Crippen LogP contribution in [0.5, 0.6) is 0 Å². The van der Waals surface area contributed by atoms with Gasteiger partial charge < -0.3 is 26.2 Å². The molecule has 2 amide bonds. The van der Waals surface area contributed by atoms with Crippen LogP contribution < -0.4 is 16.4 Å². The Bertz CT molecular complexity index is 507. The van der Waals surface area contributed by atoms with Gasteiger partial charge in [-0.25, -0.2) is 4.79 Å². The van der Waals surface area contributed by atoms with E-state index < -0.39 is 47.8 Å². The first-order valence-electron chi connectivity index (χ1n) is 7.48. The van der Waals surface area contributed by atoms with Crippen molar-refractivity contribution < 1.29 is 29.0 Å². The van der Waals surface area contributed by atoms with Crippen molar-refractivity contribution in [2.75, 3.05) is 18.6 Å². The summed E-state index contributed by atoms with van der Waals surface area (Å²) >= 11 is 1.68. The molecule has 0 aromatic carbocycles. The lowest BCUT2D eigenvalue weighted by molar-refractivity contribution is -0.151. The van der Waals surface area contributed by atoms with E-state index in [2.05, 4.69) is 10.6 Å². The number of nitrogens with one attached hydrogen (secondary N) is 2. The second kappa shape index (κ2) is 8.88. The number of carbonyl (C=O) groups is 4. The Morgan fingerprint density at radius 3 is 2.33 bits per heavy atom. The monoisotopic (exact) mass is 361 g/mol. The molecule has 0 aromatic heterocycles. The first-order valence-corrected chi connectivity index (χ1v) is 8.63. The number of carboxylic acid groups (broad SMARTS) is 1. The molecule has 0 aromatic rings. The SMILES string of the molecule is COC(=O)C1(NC(=O)[C@@H](C)NC(=O)[C@@H](N)CC(=O)O)CCSCC1. The van der Waals surface area contributed by atoms with E-state index in [9.17, 15) is 19.2 Å². The lowest BCUT2D eigenvalue weighted by atomic mass is 9.91. The van der Waals surface area contributed by atoms with E-state index >= 15 is 0 Å². The molecule has 0 unspecified atom stereocenters. The Kier molecular flexibility index (Phi) is 7.49. The molecule has 1 aliphatic rings. The van der Waals surface area contributed by atoms with Crippen molar-refractivity contribution in [3.63, 3.8) is 0 Å². The maximum absolute atomic E-state index is 12.3. The Balaban J connectivity index is 2.68. The Morgan fingerprint density at radius 2 is 1.83 bits per heavy atom. The zero-order chi connectivity index (χ0) is 18.3. The summed E-state index contributed by atoms with van der Waals surface area (Å²) in [5.74, 6) is -1.61. The fraction of sp³-hybridized carbons (Fsp3) is 0.714. The summed E-state index contributed by atoms with van der Waals surface area (Å²) in [6, 6.07) is -2.22. The van der Waals surface area contributed by atoms with E-state index in [1.165, 1.54) is 14.0 Å². The molecule has 1 saturated heterocycles. The van der Waals surface area contributed by atoms with Crippen molar-refractivity contribution in [3.8, 4) is 0 Å². The van der Waals surface area contributed by atoms with E-state index in [0.29, 0.717) is 24.3 Å². The van der Waals surface area contributed by atoms with Crippen LogP contribution in [0.1, 0.15) is 26.2 Å². The molecule has 9 nitrogen and oxygen atoms in total. The molecule has 0 radical (unpaired) electrons. The third-order valence-corrected chi connectivity index (χ3v) is 4.75. The largest absolute Gasteiger partial charge is 0.481 e. The van der Waals surface area contributed by atoms with Gasteiger partial charge in [0, 0.05) is 0 Å². The van der Waals surface area contributed by atoms with Crippen molar-refractivity contribution in [2.45, 2.75) is 43.8 Å². The van der Waals surface area contributed by atoms with Gasteiger partial charge in [-0.05, 0) is 31.3 Å². The van der Waals surface area contributed by atoms with Gasteiger partial charge in [0.05, 0.1) is 19.6 Å². The predicted octanol–water partition coefficient (Wildman–Crippen LogP) is -1.15. The van der Waals surface area contributed by atoms with Crippen LogP contribution in [0.4, 0.5) is 0 Å². The predicted molar refractivity (Wildman–Crippen MR) is 87.3 cm³/mol. The highest BCUT2D eigenvalue weighted by molar-refractivity contribution is 7.99. The molecular formula is C14H23N3O6S. The zero-order valence-electron chi connectivity index (χ0n) is 13.7. The Hall–Kier alpha value is -1.81. The summed E-state index contributed by atoms with van der Waals surface area (Å²) in [6.45, 7) is 1.43. The second-order valence-corrected chi connectivity index (χ2v) is 6.83. The quantitative estimate of drug-likeness (QED) is 0.415. The third kappa shape index (κ3) is 5.38. The third-order valence-electron chi connectivity index (χ3n) is 3.77. The van der Waals surface area contributed by atoms with E-state index in [4.69, 9.17) is 15.6 Å². The fourth-order valence-corrected chi connectivity index (χ4v) is 3.50. The average Bonchev–Trinajstić information content (AvgIpc) is 2.53. The summed E-state index contributed by atoms with van der Waals surface area (Å²) in [5.41, 5.74) is 4.35. The van der Waals surface area contributed by atoms with Crippen molar-refractivity contribution in [1.82, 2.24) is 10.6 Å². The van der Waals surface area contributed by atoms with Gasteiger partial charge in [-0.1, -0.05) is 0 Å². The lowest BCUT2D eigenvalue weighted by Crippen LogP contribution is -2.61. The van der Waals surface area contributed by atoms with Crippen LogP contribution >= 0.6 is 11.8 Å². The summed E-state index contributed by atoms with van der Waals surface area (Å²) in [4.78, 5) is 46.7. The molecule has 10 heteroatoms. The Morgan fingerprint density at radius 1 is 1.25 bits per heavy atom. The van der Waals surface area contributed by atoms with Gasteiger partial charge in [-0.2, -0.15) is 11.8 Å². The van der Waals surface area contributed by atoms with Gasteiger partial charge in [-0.3, -0.25) is 14.4 Å². The summed E-state index contributed by atoms with van der Waals surface area (Å²) in [6.07, 6.45) is 0.341. The fourth-order valence-electron chi connectivity index (χ4n) is 2.31. The molecule has 136 valence electrons. The number of rotatable bonds is 7. The number of aliphatic carboxylic acids is 1. The van der Waals surface area contributed by atoms with Crippen molar-refractivity contribution in [3.05, 3.63) is 0 Å². The number of ether oxygens (including phenoxy) is 1. The van der Waals surface area contributed by atoms with Gasteiger partial charge in [0.2, 0.25) is 11.8 Å². The molecule has 1 rings (SSSR count). The number of methoxy groups -OCH3 is 1. The molecule has 0 aliphatic carbocycles. The molecule has 0 saturated carbocycles. The van der Waals surface area contributed by atoms with Gasteiger partial charge in [0.15, 0.2) is 0 Å². The van der Waals surface area contributed by atoms with Crippen molar-refractivity contribution >= 4 is 35.5 Å². The maximum atomic E-state index is 12.3. The summed E-state index contributed by atoms with van der Waals surface area (Å²) < 4.78 is 4.80. The minimum Gasteiger partial charge on any atom is -0.481 e. The normalized spacial score (nSPS) is 18.8. The highest BCUT2D eigenvalue weighted by Crippen LogP contribution is 2.28. The zero-order valence-corrected chi connectivity index (χ0v) is 14.5. The van der Waals surface area contributed by atoms with E-state index in [1.54, 1.807) is 11.8 Å². The average molecular weight is 361 g/mol. The highest BCUT2D eigenvalue weighted by Gasteiger charge is 2.43. The number of hydrogen-bond donors (Lipinski definition) is 4. The van der Waals surface area contributed by atoms with E-state index in [0.717, 1.165) is 0 Å². The number of hydrogen-bond acceptors (Lipinski definition) is 7. The number of nitrogens with two attached hydrogens (primary N) is 1. The van der Waals surface area contributed by atoms with Gasteiger partial charge in [0.25, 0.3) is 0 Å². The van der Waals surface area contributed by atoms with Crippen LogP contribution in [0.25, 0.3) is 0 Å². The van der Waals surface area contributed by atoms with Gasteiger partial charge in [0.1, 0.15) is 11.6 Å². The summed E-state index contributed by atoms with van der Waals surface area (Å²) in [5, 5.41) is 13.6. The first-order chi connectivity index (χ1) is 11.2. The van der Waals surface area contributed by atoms with Crippen molar-refractivity contribution in [1.29, 1.82) is 0 Å². The number of carboxylic acids is 1. The summed E-state index contributed by atoms with van der Waals surface area (Å²) in [7, 11) is 1.26. The molecule has 1 aliphatic heterocycles. The minimum absolute atomic E-state index is 0.440. The second-order valence-electron chi connectivity index (χ2n) is 5.61. The molecular weight excluding hydrogens is 338 g/mol. The molecule has 0 bridgehead atoms. The molecule has 5 N–H and O–H groups in total. The number of amides is 2. The highest BCUT2D eigenvalue weighted by atomic mass is 32.2. The van der Waals surface area contributed by atoms with Crippen LogP contribution in [-0.2, 0) is 23.9 Å². The minimum atomic E-state index is -1.25. The van der Waals surface area contributed by atoms with Crippen LogP contribution in [0.15, 0.2) is 0 Å². The van der Waals surface area contributed by atoms with Crippen LogP contribution in [0, 0.1) is 0 Å². The number of esters is 1. The molecule has 2 atom stereocenters. The standard InChI is InChI=1S/C14H23N3O6S/c1-8(16-12(21)9(15)7-10(18)19)11(20)17-14(13(22)23-2)3-5-24-6-4-14/h8-9H,3-7,15H2,1-2H3,(H,16,21)(H,17,20)(H,18,19)/t8-,9+/m1/s1. The van der Waals surface area contributed by atoms with E-state index in [1.807, 2.05) is 0 Å². The Labute approximate surface area is 144 Å². The lowest BCUT2D eigenvalue weighted by Gasteiger charge is -2.35. The van der Waals surface area contributed by atoms with E-state index in [-0.39, 0.29) is 0 Å². The number of carbonyl (C=O) groups excluding carboxylic acids is 3. The molecule has 1 fully saturated rings. The topological polar surface area (TPSA) is 148 Å². The van der Waals surface area contributed by atoms with Crippen LogP contribution in [0.3, 0.4) is 0 Å². The molecule has 24 heavy (non-hydrogen) atoms. The van der Waals surface area contributed by atoms with Crippen LogP contribution in [-0.4, -0.2) is 65.1 Å². The van der Waals surface area contributed by atoms with Crippen molar-refractivity contribution in [2.24, 2.45) is 5.73 Å². The smallest absolute Gasteiger partial charge is 0.331 e. The molecule has 1 heterocycles. The maximum Gasteiger partial charge on any atom is 0.331 e. The first kappa shape index (κ1) is 20.2. The van der Waals surface area contributed by atoms with Gasteiger partial charge in [-0.15, -0.1) is 0 Å². The van der Waals surface area contributed by atoms with Crippen LogP contribution in [0.2, 0.25) is 0 Å². The van der Waals surface area contributed by atoms with Gasteiger partial charge >= 0.3 is 11.9 Å².